The van der Waals surface area contributed by atoms with Gasteiger partial charge >= 0.3 is 0 Å². The van der Waals surface area contributed by atoms with E-state index in [0.717, 1.165) is 42.8 Å². The molecule has 2 aliphatic rings. The normalized spacial score (nSPS) is 22.7. The third-order valence-corrected chi connectivity index (χ3v) is 8.62. The minimum atomic E-state index is -3.04. The monoisotopic (exact) mass is 399 g/mol. The van der Waals surface area contributed by atoms with Crippen LogP contribution in [0, 0.1) is 0 Å². The molecule has 0 radical (unpaired) electrons. The maximum absolute atomic E-state index is 12.2. The van der Waals surface area contributed by atoms with Crippen molar-refractivity contribution in [3.63, 3.8) is 0 Å². The zero-order valence-electron chi connectivity index (χ0n) is 15.9. The Morgan fingerprint density at radius 3 is 2.73 bits per heavy atom. The SMILES string of the molecule is CN=C(NCCc1csc(N2CCCC2)n1)N1CCS(=O)(=O)C(C)(C)C1. The predicted molar refractivity (Wildman–Crippen MR) is 108 cm³/mol. The van der Waals surface area contributed by atoms with Crippen LogP contribution >= 0.6 is 11.3 Å². The van der Waals surface area contributed by atoms with Gasteiger partial charge in [0.2, 0.25) is 0 Å². The van der Waals surface area contributed by atoms with Gasteiger partial charge < -0.3 is 15.1 Å². The average Bonchev–Trinajstić information content (AvgIpc) is 3.25. The third kappa shape index (κ3) is 4.14. The molecule has 1 N–H and O–H groups in total. The van der Waals surface area contributed by atoms with Crippen LogP contribution in [0.25, 0.3) is 0 Å². The van der Waals surface area contributed by atoms with Gasteiger partial charge in [0.1, 0.15) is 0 Å². The number of aliphatic imine (C=N–C) groups is 1. The zero-order chi connectivity index (χ0) is 18.8. The Kier molecular flexibility index (Phi) is 5.76. The lowest BCUT2D eigenvalue weighted by molar-refractivity contribution is 0.353. The summed E-state index contributed by atoms with van der Waals surface area (Å²) in [6.45, 7) is 7.50. The minimum absolute atomic E-state index is 0.173. The molecule has 0 saturated carbocycles. The highest BCUT2D eigenvalue weighted by atomic mass is 32.2. The number of hydrogen-bond donors (Lipinski definition) is 1. The summed E-state index contributed by atoms with van der Waals surface area (Å²) >= 11 is 1.72. The number of sulfone groups is 1. The molecule has 2 aliphatic heterocycles. The van der Waals surface area contributed by atoms with Crippen molar-refractivity contribution in [2.45, 2.75) is 37.9 Å². The van der Waals surface area contributed by atoms with Gasteiger partial charge in [-0.2, -0.15) is 0 Å². The summed E-state index contributed by atoms with van der Waals surface area (Å²) < 4.78 is 23.6. The van der Waals surface area contributed by atoms with Crippen LogP contribution in [0.15, 0.2) is 10.4 Å². The van der Waals surface area contributed by atoms with Crippen LogP contribution in [0.1, 0.15) is 32.4 Å². The maximum atomic E-state index is 12.2. The maximum Gasteiger partial charge on any atom is 0.193 e. The Bertz CT molecular complexity index is 751. The van der Waals surface area contributed by atoms with Crippen molar-refractivity contribution in [2.75, 3.05) is 50.4 Å². The van der Waals surface area contributed by atoms with E-state index in [0.29, 0.717) is 13.1 Å². The molecule has 0 aliphatic carbocycles. The standard InChI is InChI=1S/C17H29N5O2S2/c1-17(2)13-22(10-11-26(17,23)24)15(18-3)19-7-6-14-12-25-16(20-14)21-8-4-5-9-21/h12H,4-11,13H2,1-3H3,(H,18,19). The van der Waals surface area contributed by atoms with Crippen molar-refractivity contribution in [3.8, 4) is 0 Å². The van der Waals surface area contributed by atoms with Crippen molar-refractivity contribution < 1.29 is 8.42 Å². The van der Waals surface area contributed by atoms with Crippen LogP contribution in [0.3, 0.4) is 0 Å². The van der Waals surface area contributed by atoms with Crippen LogP contribution in [0.4, 0.5) is 5.13 Å². The van der Waals surface area contributed by atoms with E-state index < -0.39 is 14.6 Å². The van der Waals surface area contributed by atoms with Gasteiger partial charge in [0.15, 0.2) is 20.9 Å². The zero-order valence-corrected chi connectivity index (χ0v) is 17.5. The van der Waals surface area contributed by atoms with Crippen LogP contribution in [-0.2, 0) is 16.3 Å². The molecule has 0 atom stereocenters. The largest absolute Gasteiger partial charge is 0.356 e. The number of nitrogens with one attached hydrogen (secondary N) is 1. The highest BCUT2D eigenvalue weighted by molar-refractivity contribution is 7.92. The third-order valence-electron chi connectivity index (χ3n) is 5.14. The van der Waals surface area contributed by atoms with E-state index in [9.17, 15) is 8.42 Å². The lowest BCUT2D eigenvalue weighted by Gasteiger charge is -2.39. The quantitative estimate of drug-likeness (QED) is 0.609. The molecule has 7 nitrogen and oxygen atoms in total. The first-order valence-corrected chi connectivity index (χ1v) is 11.7. The Balaban J connectivity index is 1.52. The highest BCUT2D eigenvalue weighted by Gasteiger charge is 2.40. The summed E-state index contributed by atoms with van der Waals surface area (Å²) in [5, 5.41) is 6.63. The van der Waals surface area contributed by atoms with Crippen LogP contribution in [0.5, 0.6) is 0 Å². The van der Waals surface area contributed by atoms with E-state index in [1.54, 1.807) is 32.2 Å². The molecule has 26 heavy (non-hydrogen) atoms. The summed E-state index contributed by atoms with van der Waals surface area (Å²) in [7, 11) is -1.30. The summed E-state index contributed by atoms with van der Waals surface area (Å²) in [6.07, 6.45) is 3.35. The lowest BCUT2D eigenvalue weighted by atomic mass is 10.2. The van der Waals surface area contributed by atoms with E-state index in [4.69, 9.17) is 4.98 Å². The molecule has 0 amide bonds. The number of hydrogen-bond acceptors (Lipinski definition) is 6. The van der Waals surface area contributed by atoms with Crippen molar-refractivity contribution in [1.29, 1.82) is 0 Å². The van der Waals surface area contributed by atoms with Crippen molar-refractivity contribution >= 4 is 32.3 Å². The lowest BCUT2D eigenvalue weighted by Crippen LogP contribution is -2.57. The molecular formula is C17H29N5O2S2. The first-order valence-electron chi connectivity index (χ1n) is 9.20. The van der Waals surface area contributed by atoms with Crippen LogP contribution in [-0.4, -0.2) is 74.5 Å². The van der Waals surface area contributed by atoms with Gasteiger partial charge in [-0.1, -0.05) is 0 Å². The first-order chi connectivity index (χ1) is 12.3. The predicted octanol–water partition coefficient (Wildman–Crippen LogP) is 1.37. The van der Waals surface area contributed by atoms with E-state index in [2.05, 4.69) is 20.6 Å². The number of thiazole rings is 1. The number of guanidine groups is 1. The Hall–Kier alpha value is -1.35. The smallest absolute Gasteiger partial charge is 0.193 e. The van der Waals surface area contributed by atoms with Crippen LogP contribution < -0.4 is 10.2 Å². The van der Waals surface area contributed by atoms with E-state index >= 15 is 0 Å². The summed E-state index contributed by atoms with van der Waals surface area (Å²) in [5.41, 5.74) is 1.10. The fourth-order valence-electron chi connectivity index (χ4n) is 3.42. The Morgan fingerprint density at radius 2 is 2.08 bits per heavy atom. The molecule has 0 unspecified atom stereocenters. The number of aromatic nitrogens is 1. The number of rotatable bonds is 4. The van der Waals surface area contributed by atoms with Gasteiger partial charge in [-0.15, -0.1) is 11.3 Å². The fraction of sp³-hybridized carbons (Fsp3) is 0.765. The second-order valence-corrected chi connectivity index (χ2v) is 11.1. The molecule has 3 heterocycles. The Labute approximate surface area is 160 Å². The molecule has 1 aromatic rings. The van der Waals surface area contributed by atoms with Gasteiger partial charge in [0.05, 0.1) is 16.2 Å². The fourth-order valence-corrected chi connectivity index (χ4v) is 5.70. The highest BCUT2D eigenvalue weighted by Crippen LogP contribution is 2.25. The first kappa shape index (κ1) is 19.4. The molecule has 0 spiro atoms. The van der Waals surface area contributed by atoms with Gasteiger partial charge in [-0.3, -0.25) is 4.99 Å². The van der Waals surface area contributed by atoms with Gasteiger partial charge in [0, 0.05) is 51.6 Å². The summed E-state index contributed by atoms with van der Waals surface area (Å²) in [6, 6.07) is 0. The molecule has 0 aromatic carbocycles. The molecule has 0 bridgehead atoms. The van der Waals surface area contributed by atoms with Crippen molar-refractivity contribution in [1.82, 2.24) is 15.2 Å². The molecule has 2 saturated heterocycles. The van der Waals surface area contributed by atoms with E-state index in [1.165, 1.54) is 12.8 Å². The van der Waals surface area contributed by atoms with Gasteiger partial charge in [-0.05, 0) is 26.7 Å². The number of nitrogens with zero attached hydrogens (tertiary/aromatic N) is 4. The molecular weight excluding hydrogens is 370 g/mol. The molecule has 146 valence electrons. The molecule has 9 heteroatoms. The second kappa shape index (κ2) is 7.72. The summed E-state index contributed by atoms with van der Waals surface area (Å²) in [5.74, 6) is 0.939. The second-order valence-electron chi connectivity index (χ2n) is 7.54. The van der Waals surface area contributed by atoms with Gasteiger partial charge in [0.25, 0.3) is 0 Å². The minimum Gasteiger partial charge on any atom is -0.356 e. The summed E-state index contributed by atoms with van der Waals surface area (Å²) in [4.78, 5) is 13.5. The van der Waals surface area contributed by atoms with E-state index in [-0.39, 0.29) is 5.75 Å². The molecule has 1 aromatic heterocycles. The number of anilines is 1. The molecule has 2 fully saturated rings. The van der Waals surface area contributed by atoms with Gasteiger partial charge in [-0.25, -0.2) is 13.4 Å². The average molecular weight is 400 g/mol. The van der Waals surface area contributed by atoms with Crippen LogP contribution in [0.2, 0.25) is 0 Å². The topological polar surface area (TPSA) is 77.9 Å². The molecule has 3 rings (SSSR count). The van der Waals surface area contributed by atoms with E-state index in [1.807, 2.05) is 4.90 Å². The van der Waals surface area contributed by atoms with Crippen molar-refractivity contribution in [2.24, 2.45) is 4.99 Å². The van der Waals surface area contributed by atoms with Crippen molar-refractivity contribution in [3.05, 3.63) is 11.1 Å². The Morgan fingerprint density at radius 1 is 1.35 bits per heavy atom.